The van der Waals surface area contributed by atoms with Gasteiger partial charge in [0.05, 0.1) is 10.5 Å². The van der Waals surface area contributed by atoms with Crippen LogP contribution < -0.4 is 14.8 Å². The SMILES string of the molecule is CC(OC(=O)c1cccc(S(=O)(=O)N2CCCCCC2)c1)C(=O)NCc1ccc2c(c1)OCO2. The first kappa shape index (κ1) is 24.0. The van der Waals surface area contributed by atoms with E-state index < -0.39 is 28.0 Å². The molecule has 2 heterocycles. The number of nitrogens with zero attached hydrogens (tertiary/aromatic N) is 1. The molecule has 0 saturated carbocycles. The highest BCUT2D eigenvalue weighted by Crippen LogP contribution is 2.32. The molecule has 182 valence electrons. The van der Waals surface area contributed by atoms with E-state index in [0.717, 1.165) is 31.2 Å². The van der Waals surface area contributed by atoms with E-state index in [4.69, 9.17) is 14.2 Å². The van der Waals surface area contributed by atoms with Gasteiger partial charge in [-0.2, -0.15) is 4.31 Å². The minimum absolute atomic E-state index is 0.0452. The number of esters is 1. The van der Waals surface area contributed by atoms with Gasteiger partial charge in [0.2, 0.25) is 16.8 Å². The van der Waals surface area contributed by atoms with Crippen molar-refractivity contribution in [2.75, 3.05) is 19.9 Å². The van der Waals surface area contributed by atoms with Crippen molar-refractivity contribution in [3.63, 3.8) is 0 Å². The van der Waals surface area contributed by atoms with Crippen LogP contribution in [0.1, 0.15) is 48.5 Å². The Bertz CT molecular complexity index is 1160. The fourth-order valence-corrected chi connectivity index (χ4v) is 5.44. The molecule has 1 amide bonds. The maximum absolute atomic E-state index is 13.0. The molecule has 0 aromatic heterocycles. The largest absolute Gasteiger partial charge is 0.454 e. The Hall–Kier alpha value is -3.11. The molecule has 10 heteroatoms. The molecule has 0 bridgehead atoms. The van der Waals surface area contributed by atoms with E-state index in [0.29, 0.717) is 24.6 Å². The Balaban J connectivity index is 1.35. The Morgan fingerprint density at radius 2 is 1.76 bits per heavy atom. The van der Waals surface area contributed by atoms with E-state index in [9.17, 15) is 18.0 Å². The monoisotopic (exact) mass is 488 g/mol. The maximum Gasteiger partial charge on any atom is 0.338 e. The number of hydrogen-bond acceptors (Lipinski definition) is 7. The number of amides is 1. The van der Waals surface area contributed by atoms with Crippen LogP contribution in [0, 0.1) is 0 Å². The van der Waals surface area contributed by atoms with Gasteiger partial charge >= 0.3 is 5.97 Å². The van der Waals surface area contributed by atoms with Gasteiger partial charge in [0.15, 0.2) is 17.6 Å². The van der Waals surface area contributed by atoms with Crippen LogP contribution in [-0.4, -0.2) is 50.6 Å². The molecule has 1 unspecified atom stereocenters. The second-order valence-corrected chi connectivity index (χ2v) is 10.2. The molecule has 1 atom stereocenters. The summed E-state index contributed by atoms with van der Waals surface area (Å²) in [5, 5.41) is 2.72. The van der Waals surface area contributed by atoms with Gasteiger partial charge in [0.1, 0.15) is 0 Å². The lowest BCUT2D eigenvalue weighted by atomic mass is 10.2. The number of benzene rings is 2. The lowest BCUT2D eigenvalue weighted by Gasteiger charge is -2.20. The van der Waals surface area contributed by atoms with E-state index in [1.165, 1.54) is 35.5 Å². The number of fused-ring (bicyclic) bond motifs is 1. The predicted octanol–water partition coefficient (Wildman–Crippen LogP) is 2.84. The summed E-state index contributed by atoms with van der Waals surface area (Å²) in [6.07, 6.45) is 2.59. The van der Waals surface area contributed by atoms with Crippen LogP contribution in [-0.2, 0) is 26.1 Å². The topological polar surface area (TPSA) is 111 Å². The summed E-state index contributed by atoms with van der Waals surface area (Å²) in [4.78, 5) is 25.1. The van der Waals surface area contributed by atoms with Gasteiger partial charge in [-0.1, -0.05) is 25.0 Å². The van der Waals surface area contributed by atoms with Crippen LogP contribution in [0.2, 0.25) is 0 Å². The van der Waals surface area contributed by atoms with Crippen molar-refractivity contribution in [3.05, 3.63) is 53.6 Å². The van der Waals surface area contributed by atoms with Crippen molar-refractivity contribution in [3.8, 4) is 11.5 Å². The summed E-state index contributed by atoms with van der Waals surface area (Å²) >= 11 is 0. The first-order chi connectivity index (χ1) is 16.3. The van der Waals surface area contributed by atoms with Crippen LogP contribution in [0.25, 0.3) is 0 Å². The number of ether oxygens (including phenoxy) is 3. The minimum atomic E-state index is -3.70. The van der Waals surface area contributed by atoms with E-state index in [2.05, 4.69) is 5.32 Å². The van der Waals surface area contributed by atoms with Gasteiger partial charge in [-0.05, 0) is 55.7 Å². The Morgan fingerprint density at radius 3 is 2.53 bits per heavy atom. The Kier molecular flexibility index (Phi) is 7.38. The number of carbonyl (C=O) groups is 2. The second kappa shape index (κ2) is 10.4. The molecule has 2 aliphatic heterocycles. The molecule has 0 aliphatic carbocycles. The molecular weight excluding hydrogens is 460 g/mol. The fourth-order valence-electron chi connectivity index (χ4n) is 3.88. The van der Waals surface area contributed by atoms with E-state index in [1.807, 2.05) is 0 Å². The molecule has 1 saturated heterocycles. The molecule has 9 nitrogen and oxygen atoms in total. The Labute approximate surface area is 199 Å². The van der Waals surface area contributed by atoms with Crippen molar-refractivity contribution in [2.24, 2.45) is 0 Å². The minimum Gasteiger partial charge on any atom is -0.454 e. The summed E-state index contributed by atoms with van der Waals surface area (Å²) < 4.78 is 43.4. The molecule has 2 aromatic carbocycles. The zero-order valence-electron chi connectivity index (χ0n) is 19.0. The van der Waals surface area contributed by atoms with Crippen LogP contribution >= 0.6 is 0 Å². The summed E-state index contributed by atoms with van der Waals surface area (Å²) in [7, 11) is -3.70. The third kappa shape index (κ3) is 5.51. The molecule has 4 rings (SSSR count). The van der Waals surface area contributed by atoms with Crippen LogP contribution in [0.5, 0.6) is 11.5 Å². The molecular formula is C24H28N2O7S. The molecule has 0 radical (unpaired) electrons. The lowest BCUT2D eigenvalue weighted by molar-refractivity contribution is -0.129. The fraction of sp³-hybridized carbons (Fsp3) is 0.417. The second-order valence-electron chi connectivity index (χ2n) is 8.30. The van der Waals surface area contributed by atoms with Crippen molar-refractivity contribution in [1.29, 1.82) is 0 Å². The predicted molar refractivity (Wildman–Crippen MR) is 123 cm³/mol. The van der Waals surface area contributed by atoms with E-state index >= 15 is 0 Å². The van der Waals surface area contributed by atoms with Gasteiger partial charge in [-0.25, -0.2) is 13.2 Å². The summed E-state index contributed by atoms with van der Waals surface area (Å²) in [5.41, 5.74) is 0.883. The third-order valence-corrected chi connectivity index (χ3v) is 7.72. The van der Waals surface area contributed by atoms with E-state index in [-0.39, 0.29) is 23.8 Å². The zero-order chi connectivity index (χ0) is 24.1. The average molecular weight is 489 g/mol. The summed E-state index contributed by atoms with van der Waals surface area (Å²) in [6.45, 7) is 2.79. The third-order valence-electron chi connectivity index (χ3n) is 5.83. The molecule has 1 N–H and O–H groups in total. The van der Waals surface area contributed by atoms with E-state index in [1.54, 1.807) is 18.2 Å². The summed E-state index contributed by atoms with van der Waals surface area (Å²) in [6, 6.07) is 11.1. The number of sulfonamides is 1. The smallest absolute Gasteiger partial charge is 0.338 e. The number of nitrogens with one attached hydrogen (secondary N) is 1. The zero-order valence-corrected chi connectivity index (χ0v) is 19.8. The molecule has 2 aliphatic rings. The number of carbonyl (C=O) groups excluding carboxylic acids is 2. The highest BCUT2D eigenvalue weighted by molar-refractivity contribution is 7.89. The van der Waals surface area contributed by atoms with Crippen LogP contribution in [0.3, 0.4) is 0 Å². The molecule has 0 spiro atoms. The Morgan fingerprint density at radius 1 is 1.03 bits per heavy atom. The van der Waals surface area contributed by atoms with Gasteiger partial charge in [0.25, 0.3) is 5.91 Å². The number of hydrogen-bond donors (Lipinski definition) is 1. The first-order valence-corrected chi connectivity index (χ1v) is 12.8. The van der Waals surface area contributed by atoms with Crippen molar-refractivity contribution in [2.45, 2.75) is 50.2 Å². The molecule has 2 aromatic rings. The van der Waals surface area contributed by atoms with Gasteiger partial charge in [0, 0.05) is 19.6 Å². The van der Waals surface area contributed by atoms with Crippen LogP contribution in [0.15, 0.2) is 47.4 Å². The molecule has 1 fully saturated rings. The normalized spacial score (nSPS) is 17.0. The van der Waals surface area contributed by atoms with Gasteiger partial charge in [-0.3, -0.25) is 4.79 Å². The van der Waals surface area contributed by atoms with Crippen molar-refractivity contribution < 1.29 is 32.2 Å². The van der Waals surface area contributed by atoms with Gasteiger partial charge < -0.3 is 19.5 Å². The average Bonchev–Trinajstić information content (AvgIpc) is 3.13. The highest BCUT2D eigenvalue weighted by Gasteiger charge is 2.27. The van der Waals surface area contributed by atoms with Crippen molar-refractivity contribution >= 4 is 21.9 Å². The highest BCUT2D eigenvalue weighted by atomic mass is 32.2. The van der Waals surface area contributed by atoms with Crippen molar-refractivity contribution in [1.82, 2.24) is 9.62 Å². The summed E-state index contributed by atoms with van der Waals surface area (Å²) in [5.74, 6) is 0.0247. The van der Waals surface area contributed by atoms with Crippen LogP contribution in [0.4, 0.5) is 0 Å². The van der Waals surface area contributed by atoms with Gasteiger partial charge in [-0.15, -0.1) is 0 Å². The standard InChI is InChI=1S/C24H28N2O7S/c1-17(23(27)25-15-18-9-10-21-22(13-18)32-16-31-21)33-24(28)19-7-6-8-20(14-19)34(29,30)26-11-4-2-3-5-12-26/h6-10,13-14,17H,2-5,11-12,15-16H2,1H3,(H,25,27). The molecule has 34 heavy (non-hydrogen) atoms. The quantitative estimate of drug-likeness (QED) is 0.597. The lowest BCUT2D eigenvalue weighted by Crippen LogP contribution is -2.35. The number of rotatable bonds is 7. The maximum atomic E-state index is 13.0. The first-order valence-electron chi connectivity index (χ1n) is 11.3.